The van der Waals surface area contributed by atoms with Gasteiger partial charge in [-0.15, -0.1) is 0 Å². The maximum atomic E-state index is 13.7. The number of fused-ring (bicyclic) bond motifs is 2. The van der Waals surface area contributed by atoms with Crippen molar-refractivity contribution in [2.75, 3.05) is 15.8 Å². The molecule has 0 saturated heterocycles. The second-order valence-corrected chi connectivity index (χ2v) is 10.9. The molecule has 1 atom stereocenters. The molecule has 2 aliphatic heterocycles. The summed E-state index contributed by atoms with van der Waals surface area (Å²) in [6.45, 7) is 1.84. The van der Waals surface area contributed by atoms with Crippen molar-refractivity contribution < 1.29 is 22.5 Å². The summed E-state index contributed by atoms with van der Waals surface area (Å²) in [5.74, 6) is 1.42. The van der Waals surface area contributed by atoms with Crippen LogP contribution in [0.4, 0.5) is 11.4 Å². The van der Waals surface area contributed by atoms with Gasteiger partial charge >= 0.3 is 0 Å². The maximum absolute atomic E-state index is 13.7. The Kier molecular flexibility index (Phi) is 4.87. The second kappa shape index (κ2) is 7.83. The number of benzene rings is 2. The molecule has 0 radical (unpaired) electrons. The van der Waals surface area contributed by atoms with Crippen molar-refractivity contribution in [3.05, 3.63) is 59.7 Å². The molecular formula is C24H24N4O5S. The summed E-state index contributed by atoms with van der Waals surface area (Å²) in [5, 5.41) is 4.04. The average molecular weight is 481 g/mol. The van der Waals surface area contributed by atoms with Crippen molar-refractivity contribution in [3.63, 3.8) is 0 Å². The lowest BCUT2D eigenvalue weighted by Crippen LogP contribution is -2.39. The van der Waals surface area contributed by atoms with E-state index in [-0.39, 0.29) is 35.9 Å². The van der Waals surface area contributed by atoms with Crippen molar-refractivity contribution >= 4 is 27.3 Å². The van der Waals surface area contributed by atoms with E-state index in [0.29, 0.717) is 35.3 Å². The van der Waals surface area contributed by atoms with E-state index in [1.807, 2.05) is 31.2 Å². The lowest BCUT2D eigenvalue weighted by atomic mass is 9.85. The number of hydrogen-bond acceptors (Lipinski definition) is 7. The topological polar surface area (TPSA) is 106 Å². The van der Waals surface area contributed by atoms with Gasteiger partial charge in [0.25, 0.3) is 15.9 Å². The van der Waals surface area contributed by atoms with E-state index in [1.165, 1.54) is 21.3 Å². The van der Waals surface area contributed by atoms with Crippen LogP contribution in [0.15, 0.2) is 51.9 Å². The number of hydrogen-bond donors (Lipinski definition) is 0. The summed E-state index contributed by atoms with van der Waals surface area (Å²) in [6, 6.07) is 11.9. The summed E-state index contributed by atoms with van der Waals surface area (Å²) < 4.78 is 39.8. The fourth-order valence-corrected chi connectivity index (χ4v) is 6.54. The zero-order valence-corrected chi connectivity index (χ0v) is 19.5. The van der Waals surface area contributed by atoms with Crippen molar-refractivity contribution in [1.82, 2.24) is 10.1 Å². The lowest BCUT2D eigenvalue weighted by Gasteiger charge is -2.30. The minimum Gasteiger partial charge on any atom is -0.482 e. The molecule has 0 unspecified atom stereocenters. The Hall–Kier alpha value is -3.40. The van der Waals surface area contributed by atoms with Gasteiger partial charge in [-0.25, -0.2) is 8.42 Å². The smallest absolute Gasteiger partial charge is 0.265 e. The molecule has 1 fully saturated rings. The van der Waals surface area contributed by atoms with Crippen LogP contribution in [0.1, 0.15) is 49.4 Å². The Labute approximate surface area is 197 Å². The van der Waals surface area contributed by atoms with Gasteiger partial charge in [-0.05, 0) is 56.0 Å². The van der Waals surface area contributed by atoms with Gasteiger partial charge < -0.3 is 9.26 Å². The Bertz CT molecular complexity index is 1380. The first kappa shape index (κ1) is 21.2. The Morgan fingerprint density at radius 1 is 1.12 bits per heavy atom. The van der Waals surface area contributed by atoms with Crippen LogP contribution < -0.4 is 13.9 Å². The van der Waals surface area contributed by atoms with Gasteiger partial charge in [0.15, 0.2) is 12.4 Å². The third-order valence-corrected chi connectivity index (χ3v) is 8.74. The monoisotopic (exact) mass is 480 g/mol. The van der Waals surface area contributed by atoms with Crippen molar-refractivity contribution in [2.24, 2.45) is 0 Å². The van der Waals surface area contributed by atoms with Gasteiger partial charge in [-0.2, -0.15) is 4.98 Å². The predicted octanol–water partition coefficient (Wildman–Crippen LogP) is 3.40. The van der Waals surface area contributed by atoms with Gasteiger partial charge in [-0.1, -0.05) is 29.8 Å². The van der Waals surface area contributed by atoms with E-state index in [0.717, 1.165) is 24.8 Å². The molecule has 3 aliphatic rings. The molecule has 9 nitrogen and oxygen atoms in total. The molecule has 2 aromatic carbocycles. The predicted molar refractivity (Wildman–Crippen MR) is 123 cm³/mol. The summed E-state index contributed by atoms with van der Waals surface area (Å²) in [6.07, 6.45) is 3.85. The van der Waals surface area contributed by atoms with E-state index in [1.54, 1.807) is 6.07 Å². The number of carbonyl (C=O) groups excluding carboxylic acids is 1. The average Bonchev–Trinajstić information content (AvgIpc) is 3.37. The van der Waals surface area contributed by atoms with Gasteiger partial charge in [0.1, 0.15) is 5.75 Å². The molecule has 34 heavy (non-hydrogen) atoms. The van der Waals surface area contributed by atoms with Crippen molar-refractivity contribution in [1.29, 1.82) is 0 Å². The molecule has 3 aromatic rings. The molecule has 10 heteroatoms. The normalized spacial score (nSPS) is 20.0. The van der Waals surface area contributed by atoms with Crippen LogP contribution in [0.3, 0.4) is 0 Å². The fourth-order valence-electron chi connectivity index (χ4n) is 4.83. The molecule has 0 bridgehead atoms. The van der Waals surface area contributed by atoms with Crippen LogP contribution in [0.25, 0.3) is 0 Å². The van der Waals surface area contributed by atoms with E-state index in [2.05, 4.69) is 10.1 Å². The maximum Gasteiger partial charge on any atom is 0.265 e. The third kappa shape index (κ3) is 3.35. The number of ether oxygens (including phenoxy) is 1. The molecule has 1 aromatic heterocycles. The number of amides is 1. The standard InChI is InChI=1S/C24H24N4O5S/c1-15-11-17-5-2-3-8-19(17)28(15)34(30,31)18-9-10-21-20(12-18)27(23(29)14-32-21)13-22-25-24(33-26-22)16-6-4-7-16/h2-3,5,8-10,12,15-16H,4,6-7,11,13-14H2,1H3/t15-/m0/s1. The largest absolute Gasteiger partial charge is 0.482 e. The molecule has 3 heterocycles. The summed E-state index contributed by atoms with van der Waals surface area (Å²) in [5.41, 5.74) is 2.07. The van der Waals surface area contributed by atoms with Gasteiger partial charge in [0.2, 0.25) is 5.89 Å². The fraction of sp³-hybridized carbons (Fsp3) is 0.375. The SMILES string of the molecule is C[C@H]1Cc2ccccc2N1S(=O)(=O)c1ccc2c(c1)N(Cc1noc(C3CCC3)n1)C(=O)CO2. The molecule has 1 aliphatic carbocycles. The number of para-hydroxylation sites is 1. The highest BCUT2D eigenvalue weighted by atomic mass is 32.2. The number of aromatic nitrogens is 2. The molecule has 0 N–H and O–H groups in total. The molecule has 6 rings (SSSR count). The first-order chi connectivity index (χ1) is 16.4. The van der Waals surface area contributed by atoms with Gasteiger partial charge in [0.05, 0.1) is 22.8 Å². The van der Waals surface area contributed by atoms with Crippen molar-refractivity contribution in [2.45, 2.75) is 56.0 Å². The third-order valence-electron chi connectivity index (χ3n) is 6.81. The Morgan fingerprint density at radius 3 is 2.74 bits per heavy atom. The summed E-state index contributed by atoms with van der Waals surface area (Å²) in [4.78, 5) is 18.8. The minimum atomic E-state index is -3.86. The van der Waals surface area contributed by atoms with Crippen LogP contribution in [-0.2, 0) is 27.8 Å². The second-order valence-electron chi connectivity index (χ2n) is 9.06. The Morgan fingerprint density at radius 2 is 1.94 bits per heavy atom. The van der Waals surface area contributed by atoms with E-state index < -0.39 is 10.0 Å². The van der Waals surface area contributed by atoms with Crippen LogP contribution in [0, 0.1) is 0 Å². The van der Waals surface area contributed by atoms with Crippen LogP contribution in [0.5, 0.6) is 5.75 Å². The highest BCUT2D eigenvalue weighted by Crippen LogP contribution is 2.40. The number of rotatable bonds is 5. The molecule has 1 amide bonds. The number of carbonyl (C=O) groups is 1. The highest BCUT2D eigenvalue weighted by Gasteiger charge is 2.37. The summed E-state index contributed by atoms with van der Waals surface area (Å²) in [7, 11) is -3.86. The van der Waals surface area contributed by atoms with E-state index in [9.17, 15) is 13.2 Å². The lowest BCUT2D eigenvalue weighted by molar-refractivity contribution is -0.121. The van der Waals surface area contributed by atoms with Gasteiger partial charge in [-0.3, -0.25) is 14.0 Å². The molecular weight excluding hydrogens is 456 g/mol. The number of sulfonamides is 1. The summed E-state index contributed by atoms with van der Waals surface area (Å²) >= 11 is 0. The zero-order valence-electron chi connectivity index (χ0n) is 18.7. The zero-order chi connectivity index (χ0) is 23.4. The van der Waals surface area contributed by atoms with Gasteiger partial charge in [0, 0.05) is 12.0 Å². The molecule has 0 spiro atoms. The van der Waals surface area contributed by atoms with Crippen LogP contribution in [-0.4, -0.2) is 37.1 Å². The minimum absolute atomic E-state index is 0.0812. The van der Waals surface area contributed by atoms with E-state index in [4.69, 9.17) is 9.26 Å². The highest BCUT2D eigenvalue weighted by molar-refractivity contribution is 7.92. The van der Waals surface area contributed by atoms with E-state index >= 15 is 0 Å². The van der Waals surface area contributed by atoms with Crippen LogP contribution in [0.2, 0.25) is 0 Å². The first-order valence-corrected chi connectivity index (χ1v) is 12.9. The number of anilines is 2. The first-order valence-electron chi connectivity index (χ1n) is 11.4. The molecule has 1 saturated carbocycles. The molecule has 176 valence electrons. The Balaban J connectivity index is 1.34. The quantitative estimate of drug-likeness (QED) is 0.551. The van der Waals surface area contributed by atoms with Crippen molar-refractivity contribution in [3.8, 4) is 5.75 Å². The van der Waals surface area contributed by atoms with Crippen LogP contribution >= 0.6 is 0 Å². The number of nitrogens with zero attached hydrogens (tertiary/aromatic N) is 4.